The molecule has 7 nitrogen and oxygen atoms in total. The first-order valence-electron chi connectivity index (χ1n) is 12.9. The molecule has 0 saturated carbocycles. The molecule has 3 heterocycles. The molecule has 0 bridgehead atoms. The largest absolute Gasteiger partial charge is 2.00 e. The number of benzene rings is 4. The topological polar surface area (TPSA) is 92.5 Å². The molecule has 4 aromatic carbocycles. The van der Waals surface area contributed by atoms with Gasteiger partial charge in [0.15, 0.2) is 0 Å². The Labute approximate surface area is 259 Å². The summed E-state index contributed by atoms with van der Waals surface area (Å²) in [5.74, 6) is 0.933. The van der Waals surface area contributed by atoms with E-state index in [1.165, 1.54) is 18.3 Å². The zero-order chi connectivity index (χ0) is 28.6. The van der Waals surface area contributed by atoms with E-state index in [1.807, 2.05) is 53.1 Å². The van der Waals surface area contributed by atoms with Gasteiger partial charge in [-0.15, -0.1) is 35.7 Å². The molecular weight excluding hydrogens is 722 g/mol. The summed E-state index contributed by atoms with van der Waals surface area (Å²) in [7, 11) is 0. The van der Waals surface area contributed by atoms with E-state index < -0.39 is 0 Å². The number of rotatable bonds is 5. The number of fused-ring (bicyclic) bond motifs is 3. The molecule has 0 amide bonds. The predicted molar refractivity (Wildman–Crippen MR) is 155 cm³/mol. The van der Waals surface area contributed by atoms with Crippen LogP contribution in [0.3, 0.4) is 0 Å². The van der Waals surface area contributed by atoms with Gasteiger partial charge in [0.1, 0.15) is 11.6 Å². The number of aromatic nitrogens is 4. The molecular formula is C34H17FN6OPt. The van der Waals surface area contributed by atoms with E-state index in [4.69, 9.17) is 4.74 Å². The summed E-state index contributed by atoms with van der Waals surface area (Å²) >= 11 is 0. The van der Waals surface area contributed by atoms with Gasteiger partial charge in [-0.25, -0.2) is 9.37 Å². The summed E-state index contributed by atoms with van der Waals surface area (Å²) in [6.45, 7) is 0. The molecule has 0 atom stereocenters. The third-order valence-corrected chi connectivity index (χ3v) is 6.89. The Morgan fingerprint density at radius 3 is 2.37 bits per heavy atom. The molecule has 0 saturated heterocycles. The number of hydrogen-bond donors (Lipinski definition) is 0. The summed E-state index contributed by atoms with van der Waals surface area (Å²) < 4.78 is 23.8. The third kappa shape index (κ3) is 4.95. The zero-order valence-corrected chi connectivity index (χ0v) is 24.4. The van der Waals surface area contributed by atoms with Gasteiger partial charge in [0, 0.05) is 46.6 Å². The number of hydrogen-bond acceptors (Lipinski definition) is 5. The van der Waals surface area contributed by atoms with Crippen LogP contribution in [-0.2, 0) is 21.1 Å². The fourth-order valence-corrected chi connectivity index (χ4v) is 5.07. The molecule has 0 aliphatic heterocycles. The maximum atomic E-state index is 14.1. The molecule has 206 valence electrons. The van der Waals surface area contributed by atoms with Gasteiger partial charge in [-0.2, -0.15) is 27.8 Å². The number of nitriles is 2. The Morgan fingerprint density at radius 1 is 0.814 bits per heavy atom. The minimum Gasteiger partial charge on any atom is -0.509 e. The molecule has 3 aromatic heterocycles. The van der Waals surface area contributed by atoms with E-state index >= 15 is 0 Å². The van der Waals surface area contributed by atoms with Crippen LogP contribution < -0.4 is 4.74 Å². The van der Waals surface area contributed by atoms with Crippen molar-refractivity contribution in [1.82, 2.24) is 19.3 Å². The van der Waals surface area contributed by atoms with Crippen LogP contribution in [0, 0.1) is 40.6 Å². The number of ether oxygens (including phenoxy) is 1. The molecule has 43 heavy (non-hydrogen) atoms. The molecule has 0 fully saturated rings. The van der Waals surface area contributed by atoms with Gasteiger partial charge >= 0.3 is 21.1 Å². The minimum atomic E-state index is -0.383. The summed E-state index contributed by atoms with van der Waals surface area (Å²) in [5, 5.41) is 25.5. The third-order valence-electron chi connectivity index (χ3n) is 6.89. The summed E-state index contributed by atoms with van der Waals surface area (Å²) in [5.41, 5.74) is 4.14. The Bertz CT molecular complexity index is 2210. The minimum absolute atomic E-state index is 0. The van der Waals surface area contributed by atoms with Crippen LogP contribution in [0.1, 0.15) is 11.1 Å². The normalized spacial score (nSPS) is 10.7. The monoisotopic (exact) mass is 739 g/mol. The van der Waals surface area contributed by atoms with Crippen molar-refractivity contribution in [1.29, 1.82) is 10.5 Å². The van der Waals surface area contributed by atoms with Crippen molar-refractivity contribution in [2.45, 2.75) is 0 Å². The fourth-order valence-electron chi connectivity index (χ4n) is 5.07. The van der Waals surface area contributed by atoms with Gasteiger partial charge in [0.05, 0.1) is 29.5 Å². The van der Waals surface area contributed by atoms with Crippen molar-refractivity contribution in [3.8, 4) is 46.3 Å². The van der Waals surface area contributed by atoms with E-state index in [9.17, 15) is 14.9 Å². The Balaban J connectivity index is 0.00000329. The van der Waals surface area contributed by atoms with Crippen LogP contribution in [0.25, 0.3) is 44.4 Å². The van der Waals surface area contributed by atoms with Gasteiger partial charge in [0.2, 0.25) is 0 Å². The van der Waals surface area contributed by atoms with Crippen molar-refractivity contribution in [3.63, 3.8) is 0 Å². The number of pyridine rings is 1. The summed E-state index contributed by atoms with van der Waals surface area (Å²) in [6.07, 6.45) is 4.79. The first-order valence-corrected chi connectivity index (χ1v) is 12.9. The first kappa shape index (κ1) is 27.6. The van der Waals surface area contributed by atoms with Crippen LogP contribution in [0.4, 0.5) is 4.39 Å². The van der Waals surface area contributed by atoms with Crippen LogP contribution in [0.15, 0.2) is 104 Å². The second-order valence-corrected chi connectivity index (χ2v) is 9.40. The van der Waals surface area contributed by atoms with E-state index in [2.05, 4.69) is 34.4 Å². The van der Waals surface area contributed by atoms with Crippen molar-refractivity contribution in [2.24, 2.45) is 0 Å². The van der Waals surface area contributed by atoms with E-state index in [0.717, 1.165) is 16.3 Å². The Kier molecular flexibility index (Phi) is 7.30. The molecule has 9 heteroatoms. The van der Waals surface area contributed by atoms with E-state index in [1.54, 1.807) is 41.3 Å². The van der Waals surface area contributed by atoms with Crippen LogP contribution >= 0.6 is 0 Å². The van der Waals surface area contributed by atoms with Crippen LogP contribution in [-0.4, -0.2) is 19.3 Å². The maximum absolute atomic E-state index is 14.1. The quantitative estimate of drug-likeness (QED) is 0.173. The SMILES string of the molecule is N#Cc1cccc(C#N)c1-c1cnn(-c2[c-]c(Oc3[c-]c4c(cc3)c3ccccc3n4-c3cc(F)ccn3)ccc2)c1.[Pt+2]. The molecule has 0 spiro atoms. The van der Waals surface area contributed by atoms with Gasteiger partial charge in [-0.05, 0) is 35.3 Å². The van der Waals surface area contributed by atoms with E-state index in [0.29, 0.717) is 50.8 Å². The number of halogens is 1. The second-order valence-electron chi connectivity index (χ2n) is 9.40. The van der Waals surface area contributed by atoms with Gasteiger partial charge in [-0.3, -0.25) is 4.68 Å². The summed E-state index contributed by atoms with van der Waals surface area (Å²) in [4.78, 5) is 4.40. The molecule has 0 N–H and O–H groups in total. The zero-order valence-electron chi connectivity index (χ0n) is 22.1. The Hall–Kier alpha value is -5.56. The predicted octanol–water partition coefficient (Wildman–Crippen LogP) is 7.30. The second kappa shape index (κ2) is 11.4. The molecule has 0 aliphatic rings. The first-order chi connectivity index (χ1) is 20.6. The molecule has 0 unspecified atom stereocenters. The van der Waals surface area contributed by atoms with Crippen molar-refractivity contribution < 1.29 is 30.2 Å². The van der Waals surface area contributed by atoms with Crippen molar-refractivity contribution in [2.75, 3.05) is 0 Å². The molecule has 0 aliphatic carbocycles. The van der Waals surface area contributed by atoms with Gasteiger partial charge < -0.3 is 9.30 Å². The maximum Gasteiger partial charge on any atom is 2.00 e. The van der Waals surface area contributed by atoms with Crippen molar-refractivity contribution in [3.05, 3.63) is 133 Å². The molecule has 0 radical (unpaired) electrons. The average Bonchev–Trinajstić information content (AvgIpc) is 3.64. The van der Waals surface area contributed by atoms with Gasteiger partial charge in [0.25, 0.3) is 0 Å². The Morgan fingerprint density at radius 2 is 1.58 bits per heavy atom. The number of para-hydroxylation sites is 1. The van der Waals surface area contributed by atoms with Crippen LogP contribution in [0.2, 0.25) is 0 Å². The van der Waals surface area contributed by atoms with Crippen LogP contribution in [0.5, 0.6) is 11.5 Å². The molecule has 7 aromatic rings. The summed E-state index contributed by atoms with van der Waals surface area (Å²) in [6, 6.07) is 35.6. The smallest absolute Gasteiger partial charge is 0.509 e. The number of nitrogens with zero attached hydrogens (tertiary/aromatic N) is 6. The van der Waals surface area contributed by atoms with E-state index in [-0.39, 0.29) is 26.9 Å². The molecule has 7 rings (SSSR count). The van der Waals surface area contributed by atoms with Crippen molar-refractivity contribution >= 4 is 21.8 Å². The average molecular weight is 740 g/mol. The fraction of sp³-hybridized carbons (Fsp3) is 0. The van der Waals surface area contributed by atoms with Gasteiger partial charge in [-0.1, -0.05) is 29.8 Å². The standard InChI is InChI=1S/C34H17FN6O.Pt/c35-25-13-14-38-33(15-25)41-31-10-2-1-9-29(31)30-12-11-28(17-32(30)41)42-27-8-4-7-26(16-27)40-21-24(20-39-40)34-22(18-36)5-3-6-23(34)19-37;/h1-15,20-21H;/q-2;+2.